The SMILES string of the molecule is [2H]C([2H])([2H])NC(=O)c1ccc(Nc2ccc(F)cn2)nc1Nc1cn(C)c2c(F)cn(C)c(=O)c12. The standard InChI is InChI=1S/C21H19F2N7O2/c1-24-20(31)12-5-7-16(27-15-6-4-11(22)8-25-15)28-19(12)26-14-10-29(2)18-13(23)9-30(3)21(32)17(14)18/h4-10H,1-3H3,(H,24,31)(H2,25,26,27,28)/i1D3. The maximum atomic E-state index is 14.6. The zero-order valence-electron chi connectivity index (χ0n) is 19.9. The van der Waals surface area contributed by atoms with Crippen molar-refractivity contribution in [1.29, 1.82) is 0 Å². The third-order valence-electron chi connectivity index (χ3n) is 4.74. The molecule has 4 rings (SSSR count). The maximum Gasteiger partial charge on any atom is 0.262 e. The molecule has 1 amide bonds. The summed E-state index contributed by atoms with van der Waals surface area (Å²) in [6.45, 7) is -2.76. The summed E-state index contributed by atoms with van der Waals surface area (Å²) in [5.41, 5.74) is -0.462. The number of rotatable bonds is 5. The van der Waals surface area contributed by atoms with Crippen LogP contribution in [0.3, 0.4) is 0 Å². The van der Waals surface area contributed by atoms with Crippen molar-refractivity contribution < 1.29 is 17.7 Å². The summed E-state index contributed by atoms with van der Waals surface area (Å²) in [5.74, 6) is -1.80. The highest BCUT2D eigenvalue weighted by atomic mass is 19.1. The Hall–Kier alpha value is -4.28. The minimum Gasteiger partial charge on any atom is -0.355 e. The molecule has 0 saturated carbocycles. The van der Waals surface area contributed by atoms with Gasteiger partial charge in [-0.2, -0.15) is 0 Å². The lowest BCUT2D eigenvalue weighted by Crippen LogP contribution is -2.20. The lowest BCUT2D eigenvalue weighted by atomic mass is 10.2. The number of nitrogens with zero attached hydrogens (tertiary/aromatic N) is 4. The molecule has 3 N–H and O–H groups in total. The third kappa shape index (κ3) is 3.75. The molecule has 11 heteroatoms. The normalized spacial score (nSPS) is 12.7. The minimum atomic E-state index is -2.76. The van der Waals surface area contributed by atoms with E-state index in [1.165, 1.54) is 42.1 Å². The predicted octanol–water partition coefficient (Wildman–Crippen LogP) is 2.79. The highest BCUT2D eigenvalue weighted by molar-refractivity contribution is 6.01. The van der Waals surface area contributed by atoms with Crippen LogP contribution >= 0.6 is 0 Å². The summed E-state index contributed by atoms with van der Waals surface area (Å²) in [5, 5.41) is 7.59. The molecule has 0 bridgehead atoms. The second-order valence-electron chi connectivity index (χ2n) is 6.93. The van der Waals surface area contributed by atoms with E-state index in [0.717, 1.165) is 17.0 Å². The molecule has 0 aliphatic rings. The fraction of sp³-hybridized carbons (Fsp3) is 0.143. The second kappa shape index (κ2) is 8.10. The molecule has 0 aromatic carbocycles. The van der Waals surface area contributed by atoms with Crippen molar-refractivity contribution in [1.82, 2.24) is 24.4 Å². The summed E-state index contributed by atoms with van der Waals surface area (Å²) in [6.07, 6.45) is 3.51. The third-order valence-corrected chi connectivity index (χ3v) is 4.74. The number of anilines is 4. The van der Waals surface area contributed by atoms with Gasteiger partial charge in [-0.3, -0.25) is 9.59 Å². The topological polar surface area (TPSA) is 106 Å². The number of fused-ring (bicyclic) bond motifs is 1. The van der Waals surface area contributed by atoms with Gasteiger partial charge in [0.25, 0.3) is 11.5 Å². The van der Waals surface area contributed by atoms with Gasteiger partial charge in [-0.05, 0) is 24.3 Å². The van der Waals surface area contributed by atoms with Crippen molar-refractivity contribution in [3.05, 3.63) is 70.4 Å². The first-order chi connectivity index (χ1) is 16.4. The summed E-state index contributed by atoms with van der Waals surface area (Å²) >= 11 is 0. The summed E-state index contributed by atoms with van der Waals surface area (Å²) in [4.78, 5) is 33.6. The quantitative estimate of drug-likeness (QED) is 0.439. The van der Waals surface area contributed by atoms with E-state index in [2.05, 4.69) is 20.6 Å². The highest BCUT2D eigenvalue weighted by Crippen LogP contribution is 2.29. The first-order valence-corrected chi connectivity index (χ1v) is 9.26. The van der Waals surface area contributed by atoms with E-state index in [-0.39, 0.29) is 39.6 Å². The van der Waals surface area contributed by atoms with Crippen LogP contribution in [0.2, 0.25) is 0 Å². The molecule has 0 radical (unpaired) electrons. The van der Waals surface area contributed by atoms with Crippen LogP contribution in [-0.2, 0) is 14.1 Å². The van der Waals surface area contributed by atoms with E-state index >= 15 is 0 Å². The number of hydrogen-bond acceptors (Lipinski definition) is 6. The summed E-state index contributed by atoms with van der Waals surface area (Å²) in [7, 11) is 2.94. The molecule has 0 aliphatic carbocycles. The average molecular weight is 442 g/mol. The van der Waals surface area contributed by atoms with Crippen LogP contribution in [0.15, 0.2) is 47.7 Å². The number of pyridine rings is 3. The smallest absolute Gasteiger partial charge is 0.262 e. The Kier molecular flexibility index (Phi) is 4.40. The largest absolute Gasteiger partial charge is 0.355 e. The van der Waals surface area contributed by atoms with Crippen LogP contribution in [-0.4, -0.2) is 32.0 Å². The van der Waals surface area contributed by atoms with E-state index in [9.17, 15) is 18.4 Å². The van der Waals surface area contributed by atoms with Crippen LogP contribution in [0, 0.1) is 11.6 Å². The van der Waals surface area contributed by atoms with Gasteiger partial charge in [0, 0.05) is 37.6 Å². The van der Waals surface area contributed by atoms with E-state index in [1.807, 2.05) is 5.32 Å². The van der Waals surface area contributed by atoms with Gasteiger partial charge in [0.2, 0.25) is 0 Å². The minimum absolute atomic E-state index is 0.0116. The van der Waals surface area contributed by atoms with Gasteiger partial charge in [0.15, 0.2) is 5.82 Å². The highest BCUT2D eigenvalue weighted by Gasteiger charge is 2.19. The fourth-order valence-corrected chi connectivity index (χ4v) is 3.28. The lowest BCUT2D eigenvalue weighted by molar-refractivity contribution is 0.0963. The van der Waals surface area contributed by atoms with Crippen molar-refractivity contribution in [2.75, 3.05) is 17.6 Å². The molecule has 0 atom stereocenters. The van der Waals surface area contributed by atoms with Crippen LogP contribution in [0.4, 0.5) is 31.9 Å². The molecule has 0 unspecified atom stereocenters. The van der Waals surface area contributed by atoms with Crippen LogP contribution in [0.1, 0.15) is 14.5 Å². The number of carbonyl (C=O) groups is 1. The molecular formula is C21H19F2N7O2. The van der Waals surface area contributed by atoms with E-state index in [4.69, 9.17) is 4.11 Å². The van der Waals surface area contributed by atoms with Gasteiger partial charge < -0.3 is 25.1 Å². The van der Waals surface area contributed by atoms with Crippen molar-refractivity contribution in [2.24, 2.45) is 14.1 Å². The van der Waals surface area contributed by atoms with Crippen LogP contribution in [0.5, 0.6) is 0 Å². The number of hydrogen-bond donors (Lipinski definition) is 3. The summed E-state index contributed by atoms with van der Waals surface area (Å²) in [6, 6.07) is 5.27. The van der Waals surface area contributed by atoms with Gasteiger partial charge in [-0.15, -0.1) is 0 Å². The molecule has 32 heavy (non-hydrogen) atoms. The average Bonchev–Trinajstić information content (AvgIpc) is 3.09. The molecule has 0 fully saturated rings. The van der Waals surface area contributed by atoms with E-state index in [0.29, 0.717) is 0 Å². The Bertz CT molecular complexity index is 1500. The molecule has 0 aliphatic heterocycles. The number of nitrogens with one attached hydrogen (secondary N) is 3. The number of amides is 1. The molecule has 164 valence electrons. The predicted molar refractivity (Wildman–Crippen MR) is 117 cm³/mol. The molecule has 4 heterocycles. The zero-order chi connectivity index (χ0) is 25.5. The maximum absolute atomic E-state index is 14.6. The van der Waals surface area contributed by atoms with Crippen molar-refractivity contribution in [3.63, 3.8) is 0 Å². The summed E-state index contributed by atoms with van der Waals surface area (Å²) < 4.78 is 52.2. The van der Waals surface area contributed by atoms with Crippen molar-refractivity contribution in [2.45, 2.75) is 0 Å². The van der Waals surface area contributed by atoms with E-state index in [1.54, 1.807) is 7.05 Å². The first-order valence-electron chi connectivity index (χ1n) is 10.8. The zero-order valence-corrected chi connectivity index (χ0v) is 16.9. The lowest BCUT2D eigenvalue weighted by Gasteiger charge is -2.12. The van der Waals surface area contributed by atoms with Crippen molar-refractivity contribution >= 4 is 40.0 Å². The molecule has 4 aromatic heterocycles. The van der Waals surface area contributed by atoms with Gasteiger partial charge in [0.1, 0.15) is 23.3 Å². The Morgan fingerprint density at radius 3 is 2.56 bits per heavy atom. The second-order valence-corrected chi connectivity index (χ2v) is 6.93. The number of aromatic nitrogens is 4. The number of aryl methyl sites for hydroxylation is 2. The van der Waals surface area contributed by atoms with Gasteiger partial charge in [0.05, 0.1) is 28.4 Å². The molecule has 0 saturated heterocycles. The van der Waals surface area contributed by atoms with E-state index < -0.39 is 30.1 Å². The Morgan fingerprint density at radius 1 is 1.06 bits per heavy atom. The molecule has 0 spiro atoms. The number of halogens is 2. The Labute approximate surface area is 184 Å². The molecular weight excluding hydrogens is 420 g/mol. The first kappa shape index (κ1) is 17.4. The van der Waals surface area contributed by atoms with Crippen LogP contribution in [0.25, 0.3) is 10.9 Å². The van der Waals surface area contributed by atoms with Gasteiger partial charge in [-0.1, -0.05) is 0 Å². The number of carbonyl (C=O) groups excluding carboxylic acids is 1. The Balaban J connectivity index is 1.81. The van der Waals surface area contributed by atoms with Gasteiger partial charge >= 0.3 is 0 Å². The Morgan fingerprint density at radius 2 is 1.84 bits per heavy atom. The molecule has 9 nitrogen and oxygen atoms in total. The van der Waals surface area contributed by atoms with Gasteiger partial charge in [-0.25, -0.2) is 18.7 Å². The fourth-order valence-electron chi connectivity index (χ4n) is 3.28. The molecule has 4 aromatic rings. The monoisotopic (exact) mass is 442 g/mol. The van der Waals surface area contributed by atoms with Crippen LogP contribution < -0.4 is 21.5 Å². The van der Waals surface area contributed by atoms with Crippen molar-refractivity contribution in [3.8, 4) is 0 Å².